The molecule has 1 aromatic carbocycles. The van der Waals surface area contributed by atoms with Crippen molar-refractivity contribution in [3.8, 4) is 0 Å². The Hall–Kier alpha value is -2.10. The number of hydrogen-bond acceptors (Lipinski definition) is 3. The van der Waals surface area contributed by atoms with Crippen LogP contribution in [0.5, 0.6) is 0 Å². The summed E-state index contributed by atoms with van der Waals surface area (Å²) >= 11 is 0. The van der Waals surface area contributed by atoms with Gasteiger partial charge in [0.15, 0.2) is 0 Å². The van der Waals surface area contributed by atoms with Crippen LogP contribution >= 0.6 is 0 Å². The Morgan fingerprint density at radius 3 is 2.65 bits per heavy atom. The molecule has 0 fully saturated rings. The number of amides is 1. The minimum atomic E-state index is 0.0703. The van der Waals surface area contributed by atoms with Crippen molar-refractivity contribution in [3.63, 3.8) is 0 Å². The van der Waals surface area contributed by atoms with Crippen LogP contribution in [0, 0.1) is 13.8 Å². The number of aromatic nitrogens is 1. The van der Waals surface area contributed by atoms with E-state index in [1.807, 2.05) is 32.0 Å². The minimum absolute atomic E-state index is 0.0703. The van der Waals surface area contributed by atoms with Gasteiger partial charge in [-0.2, -0.15) is 0 Å². The lowest BCUT2D eigenvalue weighted by atomic mass is 10.1. The highest BCUT2D eigenvalue weighted by Crippen LogP contribution is 2.11. The molecular weight excluding hydrogens is 252 g/mol. The molecule has 0 atom stereocenters. The standard InChI is InChI=1S/C16H20N2O2/c1-12-15(13(2)20-18-12)11-17-16(19)10-6-9-14-7-4-3-5-8-14/h3-5,7-8H,6,9-11H2,1-2H3,(H,17,19). The maximum Gasteiger partial charge on any atom is 0.220 e. The Bertz CT molecular complexity index is 542. The number of carbonyl (C=O) groups excluding carboxylic acids is 1. The smallest absolute Gasteiger partial charge is 0.220 e. The Labute approximate surface area is 119 Å². The van der Waals surface area contributed by atoms with Gasteiger partial charge in [0, 0.05) is 18.5 Å². The molecule has 4 heteroatoms. The zero-order valence-electron chi connectivity index (χ0n) is 12.0. The van der Waals surface area contributed by atoms with Gasteiger partial charge in [0.25, 0.3) is 0 Å². The molecule has 0 bridgehead atoms. The van der Waals surface area contributed by atoms with Crippen LogP contribution < -0.4 is 5.32 Å². The topological polar surface area (TPSA) is 55.1 Å². The van der Waals surface area contributed by atoms with Crippen LogP contribution in [0.1, 0.15) is 35.4 Å². The van der Waals surface area contributed by atoms with Crippen LogP contribution in [0.3, 0.4) is 0 Å². The molecule has 1 heterocycles. The second-order valence-electron chi connectivity index (χ2n) is 4.92. The molecule has 0 aliphatic heterocycles. The van der Waals surface area contributed by atoms with Crippen LogP contribution in [0.15, 0.2) is 34.9 Å². The lowest BCUT2D eigenvalue weighted by molar-refractivity contribution is -0.121. The zero-order chi connectivity index (χ0) is 14.4. The number of carbonyl (C=O) groups is 1. The average molecular weight is 272 g/mol. The van der Waals surface area contributed by atoms with Crippen molar-refractivity contribution in [1.29, 1.82) is 0 Å². The van der Waals surface area contributed by atoms with Crippen LogP contribution in [-0.2, 0) is 17.8 Å². The van der Waals surface area contributed by atoms with E-state index in [4.69, 9.17) is 4.52 Å². The SMILES string of the molecule is Cc1noc(C)c1CNC(=O)CCCc1ccccc1. The molecule has 0 saturated heterocycles. The molecule has 0 aliphatic carbocycles. The van der Waals surface area contributed by atoms with Crippen LogP contribution in [-0.4, -0.2) is 11.1 Å². The number of rotatable bonds is 6. The summed E-state index contributed by atoms with van der Waals surface area (Å²) in [5, 5.41) is 6.78. The summed E-state index contributed by atoms with van der Waals surface area (Å²) < 4.78 is 5.07. The highest BCUT2D eigenvalue weighted by molar-refractivity contribution is 5.75. The molecule has 0 saturated carbocycles. The predicted molar refractivity (Wildman–Crippen MR) is 77.2 cm³/mol. The molecule has 1 aromatic heterocycles. The zero-order valence-corrected chi connectivity index (χ0v) is 12.0. The second-order valence-corrected chi connectivity index (χ2v) is 4.92. The largest absolute Gasteiger partial charge is 0.361 e. The van der Waals surface area contributed by atoms with Gasteiger partial charge < -0.3 is 9.84 Å². The molecule has 2 rings (SSSR count). The van der Waals surface area contributed by atoms with Gasteiger partial charge in [-0.05, 0) is 32.3 Å². The van der Waals surface area contributed by atoms with E-state index in [-0.39, 0.29) is 5.91 Å². The third-order valence-electron chi connectivity index (χ3n) is 3.36. The van der Waals surface area contributed by atoms with Crippen LogP contribution in [0.25, 0.3) is 0 Å². The summed E-state index contributed by atoms with van der Waals surface area (Å²) in [7, 11) is 0. The van der Waals surface area contributed by atoms with Gasteiger partial charge >= 0.3 is 0 Å². The van der Waals surface area contributed by atoms with Crippen molar-refractivity contribution in [2.45, 2.75) is 39.7 Å². The molecule has 20 heavy (non-hydrogen) atoms. The van der Waals surface area contributed by atoms with E-state index in [1.54, 1.807) is 0 Å². The van der Waals surface area contributed by atoms with E-state index in [1.165, 1.54) is 5.56 Å². The Morgan fingerprint density at radius 2 is 2.00 bits per heavy atom. The molecule has 0 spiro atoms. The van der Waals surface area contributed by atoms with Crippen molar-refractivity contribution in [2.75, 3.05) is 0 Å². The fraction of sp³-hybridized carbons (Fsp3) is 0.375. The quantitative estimate of drug-likeness (QED) is 0.879. The number of nitrogens with zero attached hydrogens (tertiary/aromatic N) is 1. The first-order chi connectivity index (χ1) is 9.66. The molecule has 0 aliphatic rings. The molecule has 4 nitrogen and oxygen atoms in total. The van der Waals surface area contributed by atoms with E-state index in [2.05, 4.69) is 22.6 Å². The summed E-state index contributed by atoms with van der Waals surface area (Å²) in [6.45, 7) is 4.23. The maximum atomic E-state index is 11.8. The first-order valence-corrected chi connectivity index (χ1v) is 6.89. The lowest BCUT2D eigenvalue weighted by Crippen LogP contribution is -2.23. The third kappa shape index (κ3) is 3.95. The van der Waals surface area contributed by atoms with E-state index >= 15 is 0 Å². The molecule has 2 aromatic rings. The Morgan fingerprint density at radius 1 is 1.25 bits per heavy atom. The molecule has 106 valence electrons. The van der Waals surface area contributed by atoms with E-state index in [0.717, 1.165) is 29.9 Å². The Kier molecular flexibility index (Phi) is 4.93. The van der Waals surface area contributed by atoms with Crippen LogP contribution in [0.4, 0.5) is 0 Å². The van der Waals surface area contributed by atoms with E-state index in [9.17, 15) is 4.79 Å². The molecule has 0 radical (unpaired) electrons. The first-order valence-electron chi connectivity index (χ1n) is 6.89. The average Bonchev–Trinajstić information content (AvgIpc) is 2.77. The van der Waals surface area contributed by atoms with Gasteiger partial charge in [0.05, 0.1) is 5.69 Å². The normalized spacial score (nSPS) is 10.5. The van der Waals surface area contributed by atoms with Gasteiger partial charge in [-0.3, -0.25) is 4.79 Å². The summed E-state index contributed by atoms with van der Waals surface area (Å²) in [4.78, 5) is 11.8. The highest BCUT2D eigenvalue weighted by atomic mass is 16.5. The van der Waals surface area contributed by atoms with Gasteiger partial charge in [0.2, 0.25) is 5.91 Å². The number of hydrogen-bond donors (Lipinski definition) is 1. The fourth-order valence-electron chi connectivity index (χ4n) is 2.13. The van der Waals surface area contributed by atoms with Crippen molar-refractivity contribution >= 4 is 5.91 Å². The molecule has 1 N–H and O–H groups in total. The van der Waals surface area contributed by atoms with Crippen LogP contribution in [0.2, 0.25) is 0 Å². The molecule has 1 amide bonds. The van der Waals surface area contributed by atoms with Crippen molar-refractivity contribution in [1.82, 2.24) is 10.5 Å². The van der Waals surface area contributed by atoms with Crippen molar-refractivity contribution < 1.29 is 9.32 Å². The summed E-state index contributed by atoms with van der Waals surface area (Å²) in [6.07, 6.45) is 2.33. The Balaban J connectivity index is 1.71. The van der Waals surface area contributed by atoms with Crippen molar-refractivity contribution in [2.24, 2.45) is 0 Å². The van der Waals surface area contributed by atoms with E-state index in [0.29, 0.717) is 13.0 Å². The summed E-state index contributed by atoms with van der Waals surface area (Å²) in [5.74, 6) is 0.841. The number of aryl methyl sites for hydroxylation is 3. The molecule has 0 unspecified atom stereocenters. The van der Waals surface area contributed by atoms with Gasteiger partial charge in [-0.1, -0.05) is 35.5 Å². The maximum absolute atomic E-state index is 11.8. The lowest BCUT2D eigenvalue weighted by Gasteiger charge is -2.05. The number of benzene rings is 1. The van der Waals surface area contributed by atoms with Gasteiger partial charge in [-0.25, -0.2) is 0 Å². The second kappa shape index (κ2) is 6.89. The minimum Gasteiger partial charge on any atom is -0.361 e. The van der Waals surface area contributed by atoms with Crippen molar-refractivity contribution in [3.05, 3.63) is 52.9 Å². The predicted octanol–water partition coefficient (Wildman–Crippen LogP) is 2.93. The van der Waals surface area contributed by atoms with E-state index < -0.39 is 0 Å². The molecular formula is C16H20N2O2. The third-order valence-corrected chi connectivity index (χ3v) is 3.36. The fourth-order valence-corrected chi connectivity index (χ4v) is 2.13. The monoisotopic (exact) mass is 272 g/mol. The summed E-state index contributed by atoms with van der Waals surface area (Å²) in [5.41, 5.74) is 3.08. The highest BCUT2D eigenvalue weighted by Gasteiger charge is 2.10. The van der Waals surface area contributed by atoms with Gasteiger partial charge in [-0.15, -0.1) is 0 Å². The summed E-state index contributed by atoms with van der Waals surface area (Å²) in [6, 6.07) is 10.2. The first kappa shape index (κ1) is 14.3. The number of nitrogens with one attached hydrogen (secondary N) is 1. The van der Waals surface area contributed by atoms with Gasteiger partial charge in [0.1, 0.15) is 5.76 Å².